The minimum Gasteiger partial charge on any atom is -0.493 e. The van der Waals surface area contributed by atoms with Gasteiger partial charge in [0.05, 0.1) is 13.2 Å². The Morgan fingerprint density at radius 1 is 1.03 bits per heavy atom. The summed E-state index contributed by atoms with van der Waals surface area (Å²) in [6.07, 6.45) is 5.55. The molecule has 180 valence electrons. The maximum absolute atomic E-state index is 13.3. The van der Waals surface area contributed by atoms with Gasteiger partial charge in [0, 0.05) is 29.7 Å². The molecule has 1 aliphatic heterocycles. The summed E-state index contributed by atoms with van der Waals surface area (Å²) in [6.45, 7) is 2.10. The highest BCUT2D eigenvalue weighted by Crippen LogP contribution is 2.48. The fraction of sp³-hybridized carbons (Fsp3) is 0.333. The Balaban J connectivity index is 1.53. The van der Waals surface area contributed by atoms with Gasteiger partial charge in [0.2, 0.25) is 0 Å². The monoisotopic (exact) mass is 469 g/mol. The van der Waals surface area contributed by atoms with Crippen LogP contribution in [0, 0.1) is 0 Å². The van der Waals surface area contributed by atoms with Crippen molar-refractivity contribution in [2.24, 2.45) is 0 Å². The lowest BCUT2D eigenvalue weighted by Gasteiger charge is -2.35. The molecule has 0 aromatic heterocycles. The zero-order chi connectivity index (χ0) is 24.4. The van der Waals surface area contributed by atoms with Gasteiger partial charge in [-0.2, -0.15) is 0 Å². The third-order valence-corrected chi connectivity index (χ3v) is 7.00. The van der Waals surface area contributed by atoms with E-state index < -0.39 is 0 Å². The van der Waals surface area contributed by atoms with Crippen molar-refractivity contribution in [3.8, 4) is 11.5 Å². The molecule has 3 aromatic carbocycles. The van der Waals surface area contributed by atoms with Crippen LogP contribution in [0.2, 0.25) is 0 Å². The highest BCUT2D eigenvalue weighted by molar-refractivity contribution is 6.12. The Bertz CT molecular complexity index is 1320. The number of unbranched alkanes of at least 4 members (excludes halogenated alkanes) is 2. The third kappa shape index (κ3) is 4.43. The zero-order valence-corrected chi connectivity index (χ0v) is 20.4. The average Bonchev–Trinajstić information content (AvgIpc) is 2.88. The molecule has 0 saturated carbocycles. The summed E-state index contributed by atoms with van der Waals surface area (Å²) >= 11 is 0. The van der Waals surface area contributed by atoms with E-state index in [2.05, 4.69) is 36.5 Å². The molecule has 1 heterocycles. The second-order valence-electron chi connectivity index (χ2n) is 9.30. The molecule has 2 aliphatic rings. The van der Waals surface area contributed by atoms with Gasteiger partial charge in [-0.3, -0.25) is 9.59 Å². The predicted octanol–water partition coefficient (Wildman–Crippen LogP) is 7.01. The molecule has 35 heavy (non-hydrogen) atoms. The smallest absolute Gasteiger partial charge is 0.311 e. The van der Waals surface area contributed by atoms with Crippen LogP contribution in [-0.2, 0) is 9.59 Å². The van der Waals surface area contributed by atoms with Crippen molar-refractivity contribution in [1.82, 2.24) is 0 Å². The summed E-state index contributed by atoms with van der Waals surface area (Å²) in [7, 11) is 1.57. The van der Waals surface area contributed by atoms with E-state index in [0.29, 0.717) is 24.3 Å². The number of carbonyl (C=O) groups is 2. The summed E-state index contributed by atoms with van der Waals surface area (Å²) in [5, 5.41) is 5.98. The number of ketones is 1. The number of methoxy groups -OCH3 is 1. The molecule has 5 heteroatoms. The van der Waals surface area contributed by atoms with Crippen molar-refractivity contribution < 1.29 is 19.1 Å². The van der Waals surface area contributed by atoms with E-state index in [9.17, 15) is 9.59 Å². The van der Waals surface area contributed by atoms with Crippen LogP contribution in [-0.4, -0.2) is 18.9 Å². The number of Topliss-reactive ketones (excluding diaryl/α,β-unsaturated/α-hetero) is 1. The molecule has 5 nitrogen and oxygen atoms in total. The summed E-state index contributed by atoms with van der Waals surface area (Å²) in [5.74, 6) is 0.827. The van der Waals surface area contributed by atoms with Crippen molar-refractivity contribution in [3.63, 3.8) is 0 Å². The molecule has 0 spiro atoms. The van der Waals surface area contributed by atoms with E-state index in [1.807, 2.05) is 24.3 Å². The second kappa shape index (κ2) is 9.95. The van der Waals surface area contributed by atoms with Crippen molar-refractivity contribution in [2.45, 2.75) is 57.9 Å². The number of ether oxygens (including phenoxy) is 2. The number of esters is 1. The fourth-order valence-electron chi connectivity index (χ4n) is 5.29. The van der Waals surface area contributed by atoms with E-state index in [-0.39, 0.29) is 17.8 Å². The molecule has 1 atom stereocenters. The van der Waals surface area contributed by atoms with E-state index in [1.54, 1.807) is 13.2 Å². The number of hydrogen-bond acceptors (Lipinski definition) is 5. The first kappa shape index (κ1) is 23.2. The summed E-state index contributed by atoms with van der Waals surface area (Å²) in [6, 6.07) is 17.9. The fourth-order valence-corrected chi connectivity index (χ4v) is 5.29. The largest absolute Gasteiger partial charge is 0.493 e. The Labute approximate surface area is 206 Å². The highest BCUT2D eigenvalue weighted by atomic mass is 16.6. The molecule has 0 radical (unpaired) electrons. The Morgan fingerprint density at radius 2 is 1.89 bits per heavy atom. The molecular weight excluding hydrogens is 438 g/mol. The van der Waals surface area contributed by atoms with Gasteiger partial charge in [-0.15, -0.1) is 0 Å². The lowest BCUT2D eigenvalue weighted by atomic mass is 9.77. The maximum Gasteiger partial charge on any atom is 0.311 e. The maximum atomic E-state index is 13.3. The molecule has 0 bridgehead atoms. The van der Waals surface area contributed by atoms with Gasteiger partial charge in [-0.05, 0) is 59.4 Å². The zero-order valence-electron chi connectivity index (χ0n) is 20.4. The normalized spacial score (nSPS) is 17.0. The van der Waals surface area contributed by atoms with Crippen LogP contribution in [0.1, 0.15) is 69.0 Å². The summed E-state index contributed by atoms with van der Waals surface area (Å²) in [5.41, 5.74) is 5.07. The van der Waals surface area contributed by atoms with E-state index >= 15 is 0 Å². The van der Waals surface area contributed by atoms with Crippen LogP contribution in [0.5, 0.6) is 11.5 Å². The SMILES string of the molecule is CCCCCC(=O)Oc1ccc([C@H]2Nc3ccc4ccccc4c3C3=C2C(=O)CCC3)cc1OC. The third-order valence-electron chi connectivity index (χ3n) is 7.00. The first-order valence-corrected chi connectivity index (χ1v) is 12.5. The van der Waals surface area contributed by atoms with Crippen molar-refractivity contribution in [2.75, 3.05) is 12.4 Å². The average molecular weight is 470 g/mol. The van der Waals surface area contributed by atoms with Crippen LogP contribution >= 0.6 is 0 Å². The molecular formula is C30H31NO4. The number of carbonyl (C=O) groups excluding carboxylic acids is 2. The van der Waals surface area contributed by atoms with Gasteiger partial charge in [-0.25, -0.2) is 0 Å². The molecule has 5 rings (SSSR count). The standard InChI is InChI=1S/C30H31NO4/c1-3-4-5-13-27(33)35-25-17-15-20(18-26(25)34-2)30-29-22(11-8-12-24(29)32)28-21-10-7-6-9-19(21)14-16-23(28)31-30/h6-7,9-10,14-18,30-31H,3-5,8,11-13H2,1-2H3/t30-/m1/s1. The van der Waals surface area contributed by atoms with Gasteiger partial charge in [-0.1, -0.05) is 56.2 Å². The van der Waals surface area contributed by atoms with Gasteiger partial charge >= 0.3 is 5.97 Å². The number of fused-ring (bicyclic) bond motifs is 4. The predicted molar refractivity (Wildman–Crippen MR) is 139 cm³/mol. The molecule has 0 unspecified atom stereocenters. The Morgan fingerprint density at radius 3 is 2.71 bits per heavy atom. The molecule has 0 saturated heterocycles. The van der Waals surface area contributed by atoms with Gasteiger partial charge in [0.1, 0.15) is 0 Å². The first-order valence-electron chi connectivity index (χ1n) is 12.5. The number of benzene rings is 3. The highest BCUT2D eigenvalue weighted by Gasteiger charge is 2.35. The number of allylic oxidation sites excluding steroid dienone is 1. The number of anilines is 1. The Kier molecular flexibility index (Phi) is 6.58. The Hall–Kier alpha value is -3.60. The van der Waals surface area contributed by atoms with Crippen molar-refractivity contribution in [1.29, 1.82) is 0 Å². The van der Waals surface area contributed by atoms with Gasteiger partial charge in [0.15, 0.2) is 17.3 Å². The number of hydrogen-bond donors (Lipinski definition) is 1. The van der Waals surface area contributed by atoms with Crippen molar-refractivity contribution >= 4 is 33.8 Å². The van der Waals surface area contributed by atoms with Crippen LogP contribution in [0.25, 0.3) is 16.3 Å². The molecule has 0 fully saturated rings. The van der Waals surface area contributed by atoms with Crippen LogP contribution < -0.4 is 14.8 Å². The van der Waals surface area contributed by atoms with Crippen LogP contribution in [0.15, 0.2) is 60.2 Å². The lowest BCUT2D eigenvalue weighted by Crippen LogP contribution is -2.27. The van der Waals surface area contributed by atoms with Gasteiger partial charge < -0.3 is 14.8 Å². The second-order valence-corrected chi connectivity index (χ2v) is 9.30. The van der Waals surface area contributed by atoms with E-state index in [4.69, 9.17) is 9.47 Å². The minimum absolute atomic E-state index is 0.188. The van der Waals surface area contributed by atoms with E-state index in [0.717, 1.165) is 60.1 Å². The topological polar surface area (TPSA) is 64.6 Å². The molecule has 1 N–H and O–H groups in total. The van der Waals surface area contributed by atoms with Crippen molar-refractivity contribution in [3.05, 3.63) is 71.3 Å². The van der Waals surface area contributed by atoms with Crippen LogP contribution in [0.3, 0.4) is 0 Å². The number of rotatable bonds is 7. The van der Waals surface area contributed by atoms with Gasteiger partial charge in [0.25, 0.3) is 0 Å². The first-order chi connectivity index (χ1) is 17.1. The lowest BCUT2D eigenvalue weighted by molar-refractivity contribution is -0.134. The van der Waals surface area contributed by atoms with Crippen LogP contribution in [0.4, 0.5) is 5.69 Å². The number of nitrogens with one attached hydrogen (secondary N) is 1. The quantitative estimate of drug-likeness (QED) is 0.229. The molecule has 1 aliphatic carbocycles. The molecule has 3 aromatic rings. The summed E-state index contributed by atoms with van der Waals surface area (Å²) < 4.78 is 11.2. The summed E-state index contributed by atoms with van der Waals surface area (Å²) in [4.78, 5) is 25.5. The molecule has 0 amide bonds. The van der Waals surface area contributed by atoms with E-state index in [1.165, 1.54) is 10.8 Å². The minimum atomic E-state index is -0.283.